The van der Waals surface area contributed by atoms with Crippen molar-refractivity contribution in [3.8, 4) is 11.5 Å². The first-order chi connectivity index (χ1) is 8.87. The van der Waals surface area contributed by atoms with E-state index in [-0.39, 0.29) is 6.54 Å². The minimum atomic E-state index is -4.37. The van der Waals surface area contributed by atoms with Crippen molar-refractivity contribution < 1.29 is 27.5 Å². The van der Waals surface area contributed by atoms with Gasteiger partial charge in [-0.1, -0.05) is 11.6 Å². The molecule has 0 radical (unpaired) electrons. The molecule has 0 heterocycles. The van der Waals surface area contributed by atoms with Crippen LogP contribution in [0.2, 0.25) is 5.02 Å². The minimum Gasteiger partial charge on any atom is -0.493 e. The standard InChI is InChI=1S/C11H13ClF3NO3/c1-17-9-4-7(3-8(12)10(9)18-2)5-16-19-6-11(13,14)15/h3-4,16H,5-6H2,1-2H3. The van der Waals surface area contributed by atoms with Gasteiger partial charge in [-0.15, -0.1) is 0 Å². The molecule has 0 aliphatic heterocycles. The first-order valence-electron chi connectivity index (χ1n) is 5.19. The van der Waals surface area contributed by atoms with Gasteiger partial charge in [-0.25, -0.2) is 0 Å². The van der Waals surface area contributed by atoms with Crippen LogP contribution in [0.25, 0.3) is 0 Å². The Morgan fingerprint density at radius 3 is 2.42 bits per heavy atom. The normalized spacial score (nSPS) is 11.5. The molecule has 0 bridgehead atoms. The Morgan fingerprint density at radius 1 is 1.21 bits per heavy atom. The monoisotopic (exact) mass is 299 g/mol. The minimum absolute atomic E-state index is 0.0517. The molecule has 1 rings (SSSR count). The summed E-state index contributed by atoms with van der Waals surface area (Å²) in [4.78, 5) is 4.28. The summed E-state index contributed by atoms with van der Waals surface area (Å²) in [5, 5.41) is 0.300. The topological polar surface area (TPSA) is 39.7 Å². The molecular formula is C11H13ClF3NO3. The number of nitrogens with one attached hydrogen (secondary N) is 1. The van der Waals surface area contributed by atoms with Gasteiger partial charge in [0.25, 0.3) is 0 Å². The summed E-state index contributed by atoms with van der Waals surface area (Å²) >= 11 is 5.95. The highest BCUT2D eigenvalue weighted by atomic mass is 35.5. The van der Waals surface area contributed by atoms with E-state index in [0.717, 1.165) is 0 Å². The molecule has 0 atom stereocenters. The molecule has 0 unspecified atom stereocenters. The predicted molar refractivity (Wildman–Crippen MR) is 63.4 cm³/mol. The summed E-state index contributed by atoms with van der Waals surface area (Å²) in [6, 6.07) is 3.14. The van der Waals surface area contributed by atoms with Crippen LogP contribution in [0.4, 0.5) is 13.2 Å². The van der Waals surface area contributed by atoms with Gasteiger partial charge in [0.1, 0.15) is 0 Å². The van der Waals surface area contributed by atoms with Gasteiger partial charge in [-0.3, -0.25) is 4.84 Å². The van der Waals surface area contributed by atoms with Crippen LogP contribution in [0.1, 0.15) is 5.56 Å². The lowest BCUT2D eigenvalue weighted by atomic mass is 10.2. The fraction of sp³-hybridized carbons (Fsp3) is 0.455. The molecule has 1 aromatic carbocycles. The Balaban J connectivity index is 2.62. The molecule has 19 heavy (non-hydrogen) atoms. The van der Waals surface area contributed by atoms with E-state index in [1.54, 1.807) is 12.1 Å². The van der Waals surface area contributed by atoms with Crippen LogP contribution in [-0.2, 0) is 11.4 Å². The van der Waals surface area contributed by atoms with E-state index in [1.807, 2.05) is 0 Å². The average molecular weight is 300 g/mol. The van der Waals surface area contributed by atoms with E-state index >= 15 is 0 Å². The Labute approximate surface area is 113 Å². The molecule has 0 aromatic heterocycles. The third-order valence-corrected chi connectivity index (χ3v) is 2.39. The van der Waals surface area contributed by atoms with E-state index in [1.165, 1.54) is 14.2 Å². The second-order valence-corrected chi connectivity index (χ2v) is 3.95. The lowest BCUT2D eigenvalue weighted by Crippen LogP contribution is -2.24. The predicted octanol–water partition coefficient (Wildman–Crippen LogP) is 2.94. The van der Waals surface area contributed by atoms with Crippen LogP contribution in [0.3, 0.4) is 0 Å². The fourth-order valence-electron chi connectivity index (χ4n) is 1.34. The van der Waals surface area contributed by atoms with Gasteiger partial charge in [0.15, 0.2) is 18.1 Å². The molecule has 0 aliphatic rings. The number of hydrogen-bond donors (Lipinski definition) is 1. The third kappa shape index (κ3) is 5.14. The van der Waals surface area contributed by atoms with Crippen LogP contribution < -0.4 is 15.0 Å². The summed E-state index contributed by atoms with van der Waals surface area (Å²) in [5.41, 5.74) is 2.80. The number of ether oxygens (including phenoxy) is 2. The van der Waals surface area contributed by atoms with Gasteiger partial charge < -0.3 is 9.47 Å². The Bertz CT molecular complexity index is 426. The summed E-state index contributed by atoms with van der Waals surface area (Å²) < 4.78 is 45.6. The lowest BCUT2D eigenvalue weighted by Gasteiger charge is -2.12. The zero-order valence-electron chi connectivity index (χ0n) is 10.3. The van der Waals surface area contributed by atoms with Crippen LogP contribution in [0.15, 0.2) is 12.1 Å². The highest BCUT2D eigenvalue weighted by Gasteiger charge is 2.27. The number of halogens is 4. The number of hydrogen-bond acceptors (Lipinski definition) is 4. The van der Waals surface area contributed by atoms with Crippen LogP contribution in [0.5, 0.6) is 11.5 Å². The molecule has 0 aliphatic carbocycles. The van der Waals surface area contributed by atoms with Crippen molar-refractivity contribution in [1.82, 2.24) is 5.48 Å². The van der Waals surface area contributed by atoms with Crippen LogP contribution in [-0.4, -0.2) is 27.0 Å². The number of methoxy groups -OCH3 is 2. The maximum atomic E-state index is 11.8. The Morgan fingerprint density at radius 2 is 1.89 bits per heavy atom. The smallest absolute Gasteiger partial charge is 0.413 e. The van der Waals surface area contributed by atoms with Crippen molar-refractivity contribution in [2.24, 2.45) is 0 Å². The van der Waals surface area contributed by atoms with Gasteiger partial charge in [0, 0.05) is 6.54 Å². The first-order valence-corrected chi connectivity index (χ1v) is 5.57. The SMILES string of the molecule is COc1cc(CNOCC(F)(F)F)cc(Cl)c1OC. The average Bonchev–Trinajstić information content (AvgIpc) is 2.32. The second kappa shape index (κ2) is 6.83. The number of alkyl halides is 3. The lowest BCUT2D eigenvalue weighted by molar-refractivity contribution is -0.190. The molecular weight excluding hydrogens is 287 g/mol. The van der Waals surface area contributed by atoms with E-state index in [2.05, 4.69) is 10.3 Å². The quantitative estimate of drug-likeness (QED) is 0.647. The van der Waals surface area contributed by atoms with Crippen molar-refractivity contribution in [3.63, 3.8) is 0 Å². The Kier molecular flexibility index (Phi) is 5.71. The van der Waals surface area contributed by atoms with E-state index < -0.39 is 12.8 Å². The van der Waals surface area contributed by atoms with E-state index in [9.17, 15) is 13.2 Å². The summed E-state index contributed by atoms with van der Waals surface area (Å²) in [6.07, 6.45) is -4.37. The zero-order valence-corrected chi connectivity index (χ0v) is 11.1. The van der Waals surface area contributed by atoms with E-state index in [0.29, 0.717) is 22.1 Å². The molecule has 4 nitrogen and oxygen atoms in total. The summed E-state index contributed by atoms with van der Waals surface area (Å²) in [6.45, 7) is -1.32. The van der Waals surface area contributed by atoms with Gasteiger partial charge in [-0.2, -0.15) is 18.7 Å². The van der Waals surface area contributed by atoms with Gasteiger partial charge in [-0.05, 0) is 17.7 Å². The van der Waals surface area contributed by atoms with Gasteiger partial charge in [0.2, 0.25) is 0 Å². The van der Waals surface area contributed by atoms with Crippen molar-refractivity contribution in [2.45, 2.75) is 12.7 Å². The molecule has 1 N–H and O–H groups in total. The van der Waals surface area contributed by atoms with Gasteiger partial charge >= 0.3 is 6.18 Å². The summed E-state index contributed by atoms with van der Waals surface area (Å²) in [5.74, 6) is 0.756. The molecule has 8 heteroatoms. The van der Waals surface area contributed by atoms with E-state index in [4.69, 9.17) is 21.1 Å². The van der Waals surface area contributed by atoms with Crippen LogP contribution in [0, 0.1) is 0 Å². The highest BCUT2D eigenvalue weighted by Crippen LogP contribution is 2.35. The molecule has 108 valence electrons. The molecule has 0 saturated heterocycles. The number of hydroxylamine groups is 1. The highest BCUT2D eigenvalue weighted by molar-refractivity contribution is 6.32. The maximum Gasteiger partial charge on any atom is 0.413 e. The maximum absolute atomic E-state index is 11.8. The van der Waals surface area contributed by atoms with Gasteiger partial charge in [0.05, 0.1) is 19.2 Å². The molecule has 1 aromatic rings. The van der Waals surface area contributed by atoms with Crippen molar-refractivity contribution >= 4 is 11.6 Å². The zero-order chi connectivity index (χ0) is 14.5. The second-order valence-electron chi connectivity index (χ2n) is 3.54. The molecule has 0 spiro atoms. The molecule has 0 amide bonds. The number of benzene rings is 1. The summed E-state index contributed by atoms with van der Waals surface area (Å²) in [7, 11) is 2.87. The van der Waals surface area contributed by atoms with Crippen molar-refractivity contribution in [2.75, 3.05) is 20.8 Å². The van der Waals surface area contributed by atoms with Crippen LogP contribution >= 0.6 is 11.6 Å². The fourth-order valence-corrected chi connectivity index (χ4v) is 1.65. The Hall–Kier alpha value is -1.18. The van der Waals surface area contributed by atoms with Crippen molar-refractivity contribution in [1.29, 1.82) is 0 Å². The molecule has 0 saturated carbocycles. The first kappa shape index (κ1) is 15.9. The number of rotatable bonds is 6. The van der Waals surface area contributed by atoms with Crippen molar-refractivity contribution in [3.05, 3.63) is 22.7 Å². The molecule has 0 fully saturated rings. The largest absolute Gasteiger partial charge is 0.493 e. The third-order valence-electron chi connectivity index (χ3n) is 2.11.